The number of hydrogen-bond acceptors (Lipinski definition) is 4. The number of aliphatic hydroxyl groups is 3. The molecule has 0 fully saturated rings. The van der Waals surface area contributed by atoms with Gasteiger partial charge in [0.2, 0.25) is 0 Å². The lowest BCUT2D eigenvalue weighted by Crippen LogP contribution is -2.38. The predicted octanol–water partition coefficient (Wildman–Crippen LogP) is -1.44. The lowest BCUT2D eigenvalue weighted by molar-refractivity contribution is 0.0688. The van der Waals surface area contributed by atoms with Gasteiger partial charge in [-0.3, -0.25) is 0 Å². The van der Waals surface area contributed by atoms with Crippen molar-refractivity contribution in [2.45, 2.75) is 6.92 Å². The highest BCUT2D eigenvalue weighted by molar-refractivity contribution is 4.74. The summed E-state index contributed by atoms with van der Waals surface area (Å²) in [5, 5.41) is 29.0. The standard InChI is InChI=1S/C7H17NO3/c1-7(5-10,6-11)4-8-2-3-9/h8-11H,2-6H2,1H3. The first-order valence-corrected chi connectivity index (χ1v) is 3.72. The molecule has 0 rings (SSSR count). The van der Waals surface area contributed by atoms with E-state index in [1.54, 1.807) is 6.92 Å². The van der Waals surface area contributed by atoms with Gasteiger partial charge in [-0.05, 0) is 0 Å². The number of aliphatic hydroxyl groups excluding tert-OH is 3. The van der Waals surface area contributed by atoms with Crippen molar-refractivity contribution < 1.29 is 15.3 Å². The molecule has 0 aromatic carbocycles. The molecule has 0 aliphatic heterocycles. The van der Waals surface area contributed by atoms with E-state index in [9.17, 15) is 0 Å². The van der Waals surface area contributed by atoms with Crippen LogP contribution < -0.4 is 5.32 Å². The molecule has 0 aliphatic rings. The predicted molar refractivity (Wildman–Crippen MR) is 42.2 cm³/mol. The minimum absolute atomic E-state index is 0.0536. The van der Waals surface area contributed by atoms with Gasteiger partial charge in [-0.2, -0.15) is 0 Å². The van der Waals surface area contributed by atoms with Crippen molar-refractivity contribution in [2.24, 2.45) is 5.41 Å². The van der Waals surface area contributed by atoms with Crippen LogP contribution in [0.3, 0.4) is 0 Å². The molecular formula is C7H17NO3. The molecule has 11 heavy (non-hydrogen) atoms. The first kappa shape index (κ1) is 10.8. The average molecular weight is 163 g/mol. The molecule has 0 amide bonds. The van der Waals surface area contributed by atoms with Crippen LogP contribution in [-0.2, 0) is 0 Å². The summed E-state index contributed by atoms with van der Waals surface area (Å²) in [6.07, 6.45) is 0. The van der Waals surface area contributed by atoms with Gasteiger partial charge in [-0.1, -0.05) is 6.92 Å². The van der Waals surface area contributed by atoms with Crippen LogP contribution >= 0.6 is 0 Å². The SMILES string of the molecule is CC(CO)(CO)CNCCO. The second kappa shape index (κ2) is 5.49. The monoisotopic (exact) mass is 163 g/mol. The summed E-state index contributed by atoms with van der Waals surface area (Å²) >= 11 is 0. The molecule has 0 heterocycles. The molecule has 0 spiro atoms. The summed E-state index contributed by atoms with van der Waals surface area (Å²) in [4.78, 5) is 0. The molecule has 0 bridgehead atoms. The van der Waals surface area contributed by atoms with Crippen molar-refractivity contribution in [2.75, 3.05) is 32.9 Å². The Hall–Kier alpha value is -0.160. The van der Waals surface area contributed by atoms with Crippen LogP contribution in [0.5, 0.6) is 0 Å². The van der Waals surface area contributed by atoms with Gasteiger partial charge in [0.15, 0.2) is 0 Å². The van der Waals surface area contributed by atoms with Crippen molar-refractivity contribution in [3.05, 3.63) is 0 Å². The quantitative estimate of drug-likeness (QED) is 0.362. The fourth-order valence-electron chi connectivity index (χ4n) is 0.631. The van der Waals surface area contributed by atoms with E-state index in [-0.39, 0.29) is 19.8 Å². The van der Waals surface area contributed by atoms with E-state index in [0.29, 0.717) is 13.1 Å². The van der Waals surface area contributed by atoms with E-state index < -0.39 is 5.41 Å². The van der Waals surface area contributed by atoms with Crippen LogP contribution in [-0.4, -0.2) is 48.2 Å². The second-order valence-corrected chi connectivity index (χ2v) is 3.03. The van der Waals surface area contributed by atoms with Gasteiger partial charge in [-0.25, -0.2) is 0 Å². The molecule has 68 valence electrons. The lowest BCUT2D eigenvalue weighted by atomic mass is 9.93. The largest absolute Gasteiger partial charge is 0.396 e. The van der Waals surface area contributed by atoms with Crippen LogP contribution in [0.2, 0.25) is 0 Å². The summed E-state index contributed by atoms with van der Waals surface area (Å²) in [5.41, 5.74) is -0.477. The minimum atomic E-state index is -0.477. The summed E-state index contributed by atoms with van der Waals surface area (Å²) in [6.45, 7) is 2.75. The van der Waals surface area contributed by atoms with Crippen molar-refractivity contribution in [1.82, 2.24) is 5.32 Å². The normalized spacial score (nSPS) is 12.0. The zero-order valence-corrected chi connectivity index (χ0v) is 6.88. The first-order chi connectivity index (χ1) is 5.18. The number of hydrogen-bond donors (Lipinski definition) is 4. The maximum Gasteiger partial charge on any atom is 0.0555 e. The third kappa shape index (κ3) is 4.31. The zero-order chi connectivity index (χ0) is 8.74. The minimum Gasteiger partial charge on any atom is -0.396 e. The lowest BCUT2D eigenvalue weighted by Gasteiger charge is -2.24. The van der Waals surface area contributed by atoms with E-state index in [1.807, 2.05) is 0 Å². The number of rotatable bonds is 6. The second-order valence-electron chi connectivity index (χ2n) is 3.03. The van der Waals surface area contributed by atoms with Crippen molar-refractivity contribution in [3.8, 4) is 0 Å². The fraction of sp³-hybridized carbons (Fsp3) is 1.00. The Labute approximate surface area is 66.9 Å². The maximum atomic E-state index is 8.82. The Bertz CT molecular complexity index is 93.7. The van der Waals surface area contributed by atoms with Gasteiger partial charge in [0.1, 0.15) is 0 Å². The highest BCUT2D eigenvalue weighted by Crippen LogP contribution is 2.11. The number of nitrogens with one attached hydrogen (secondary N) is 1. The summed E-state index contributed by atoms with van der Waals surface area (Å²) in [7, 11) is 0. The van der Waals surface area contributed by atoms with Crippen molar-refractivity contribution in [1.29, 1.82) is 0 Å². The Balaban J connectivity index is 3.51. The van der Waals surface area contributed by atoms with Gasteiger partial charge >= 0.3 is 0 Å². The summed E-state index contributed by atoms with van der Waals surface area (Å²) < 4.78 is 0. The van der Waals surface area contributed by atoms with Crippen molar-refractivity contribution >= 4 is 0 Å². The molecule has 0 atom stereocenters. The molecule has 4 heteroatoms. The summed E-state index contributed by atoms with van der Waals surface area (Å²) in [6, 6.07) is 0. The first-order valence-electron chi connectivity index (χ1n) is 3.72. The molecular weight excluding hydrogens is 146 g/mol. The Kier molecular flexibility index (Phi) is 5.41. The van der Waals surface area contributed by atoms with Gasteiger partial charge in [0.25, 0.3) is 0 Å². The van der Waals surface area contributed by atoms with Gasteiger partial charge in [0, 0.05) is 18.5 Å². The van der Waals surface area contributed by atoms with E-state index in [4.69, 9.17) is 15.3 Å². The molecule has 0 aliphatic carbocycles. The van der Waals surface area contributed by atoms with E-state index in [1.165, 1.54) is 0 Å². The molecule has 4 N–H and O–H groups in total. The van der Waals surface area contributed by atoms with E-state index in [2.05, 4.69) is 5.32 Å². The van der Waals surface area contributed by atoms with Crippen LogP contribution in [0.15, 0.2) is 0 Å². The fourth-order valence-corrected chi connectivity index (χ4v) is 0.631. The molecule has 0 unspecified atom stereocenters. The Morgan fingerprint density at radius 3 is 2.09 bits per heavy atom. The topological polar surface area (TPSA) is 72.7 Å². The Morgan fingerprint density at radius 1 is 1.18 bits per heavy atom. The zero-order valence-electron chi connectivity index (χ0n) is 6.88. The van der Waals surface area contributed by atoms with Gasteiger partial charge < -0.3 is 20.6 Å². The van der Waals surface area contributed by atoms with Crippen LogP contribution in [0, 0.1) is 5.41 Å². The third-order valence-electron chi connectivity index (χ3n) is 1.60. The van der Waals surface area contributed by atoms with Gasteiger partial charge in [-0.15, -0.1) is 0 Å². The molecule has 0 radical (unpaired) electrons. The summed E-state index contributed by atoms with van der Waals surface area (Å²) in [5.74, 6) is 0. The molecule has 0 saturated heterocycles. The Morgan fingerprint density at radius 2 is 1.73 bits per heavy atom. The molecule has 0 aromatic rings. The van der Waals surface area contributed by atoms with Crippen LogP contribution in [0.1, 0.15) is 6.92 Å². The van der Waals surface area contributed by atoms with E-state index in [0.717, 1.165) is 0 Å². The highest BCUT2D eigenvalue weighted by Gasteiger charge is 2.21. The van der Waals surface area contributed by atoms with Crippen LogP contribution in [0.25, 0.3) is 0 Å². The molecule has 4 nitrogen and oxygen atoms in total. The third-order valence-corrected chi connectivity index (χ3v) is 1.60. The van der Waals surface area contributed by atoms with E-state index >= 15 is 0 Å². The maximum absolute atomic E-state index is 8.82. The van der Waals surface area contributed by atoms with Gasteiger partial charge in [0.05, 0.1) is 19.8 Å². The highest BCUT2D eigenvalue weighted by atomic mass is 16.3. The molecule has 0 saturated carbocycles. The molecule has 0 aromatic heterocycles. The van der Waals surface area contributed by atoms with Crippen molar-refractivity contribution in [3.63, 3.8) is 0 Å². The smallest absolute Gasteiger partial charge is 0.0555 e. The average Bonchev–Trinajstić information content (AvgIpc) is 2.05. The van der Waals surface area contributed by atoms with Crippen LogP contribution in [0.4, 0.5) is 0 Å².